The standard InChI is InChI=1S/C19H25N3OS/c1-23-17-5-3-2-4-16(17)12-20-22-18(24)21-19-9-13-6-14(10-19)8-15(7-13)11-19/h2-5,12-15H,6-11H2,1H3,(H2,21,22,24). The number of ether oxygens (including phenoxy) is 1. The van der Waals surface area contributed by atoms with Crippen LogP contribution in [0, 0.1) is 17.8 Å². The van der Waals surface area contributed by atoms with E-state index in [2.05, 4.69) is 15.8 Å². The Morgan fingerprint density at radius 1 is 1.17 bits per heavy atom. The van der Waals surface area contributed by atoms with Gasteiger partial charge in [0.15, 0.2) is 5.11 Å². The van der Waals surface area contributed by atoms with Crippen LogP contribution in [-0.4, -0.2) is 24.0 Å². The third kappa shape index (κ3) is 3.14. The van der Waals surface area contributed by atoms with Gasteiger partial charge in [-0.1, -0.05) is 12.1 Å². The summed E-state index contributed by atoms with van der Waals surface area (Å²) in [5, 5.41) is 8.55. The molecule has 0 spiro atoms. The Bertz CT molecular complexity index is 622. The van der Waals surface area contributed by atoms with Gasteiger partial charge in [-0.25, -0.2) is 0 Å². The molecule has 24 heavy (non-hydrogen) atoms. The maximum absolute atomic E-state index is 5.50. The van der Waals surface area contributed by atoms with E-state index < -0.39 is 0 Å². The van der Waals surface area contributed by atoms with Crippen molar-refractivity contribution < 1.29 is 4.74 Å². The lowest BCUT2D eigenvalue weighted by Crippen LogP contribution is -2.61. The molecular weight excluding hydrogens is 318 g/mol. The van der Waals surface area contributed by atoms with Crippen molar-refractivity contribution in [3.8, 4) is 5.75 Å². The van der Waals surface area contributed by atoms with E-state index in [1.54, 1.807) is 13.3 Å². The zero-order valence-electron chi connectivity index (χ0n) is 14.1. The van der Waals surface area contributed by atoms with Crippen molar-refractivity contribution in [3.05, 3.63) is 29.8 Å². The molecule has 1 aromatic carbocycles. The molecule has 0 aliphatic heterocycles. The van der Waals surface area contributed by atoms with Gasteiger partial charge in [0.25, 0.3) is 0 Å². The Balaban J connectivity index is 1.36. The second kappa shape index (κ2) is 6.36. The fraction of sp³-hybridized carbons (Fsp3) is 0.579. The molecule has 4 saturated carbocycles. The minimum absolute atomic E-state index is 0.221. The second-order valence-electron chi connectivity index (χ2n) is 7.76. The van der Waals surface area contributed by atoms with Crippen LogP contribution in [0.3, 0.4) is 0 Å². The van der Waals surface area contributed by atoms with Crippen molar-refractivity contribution in [2.45, 2.75) is 44.1 Å². The summed E-state index contributed by atoms with van der Waals surface area (Å²) < 4.78 is 5.33. The van der Waals surface area contributed by atoms with E-state index in [4.69, 9.17) is 17.0 Å². The molecular formula is C19H25N3OS. The summed E-state index contributed by atoms with van der Waals surface area (Å²) in [7, 11) is 1.67. The quantitative estimate of drug-likeness (QED) is 0.499. The van der Waals surface area contributed by atoms with Crippen LogP contribution in [0.15, 0.2) is 29.4 Å². The Hall–Kier alpha value is -1.62. The van der Waals surface area contributed by atoms with Gasteiger partial charge >= 0.3 is 0 Å². The number of hydrazone groups is 1. The predicted octanol–water partition coefficient (Wildman–Crippen LogP) is 3.46. The van der Waals surface area contributed by atoms with Gasteiger partial charge in [-0.05, 0) is 80.6 Å². The summed E-state index contributed by atoms with van der Waals surface area (Å²) in [5.74, 6) is 3.53. The largest absolute Gasteiger partial charge is 0.496 e. The molecule has 4 aliphatic carbocycles. The number of methoxy groups -OCH3 is 1. The average Bonchev–Trinajstić information content (AvgIpc) is 2.53. The monoisotopic (exact) mass is 343 g/mol. The highest BCUT2D eigenvalue weighted by Crippen LogP contribution is 2.55. The molecule has 0 amide bonds. The van der Waals surface area contributed by atoms with Gasteiger partial charge in [0.05, 0.1) is 13.3 Å². The van der Waals surface area contributed by atoms with Crippen LogP contribution in [0.1, 0.15) is 44.1 Å². The molecule has 0 unspecified atom stereocenters. The maximum atomic E-state index is 5.50. The maximum Gasteiger partial charge on any atom is 0.187 e. The summed E-state index contributed by atoms with van der Waals surface area (Å²) >= 11 is 5.50. The van der Waals surface area contributed by atoms with Gasteiger partial charge in [-0.2, -0.15) is 5.10 Å². The first-order chi connectivity index (χ1) is 11.7. The van der Waals surface area contributed by atoms with Gasteiger partial charge in [0.1, 0.15) is 5.75 Å². The van der Waals surface area contributed by atoms with E-state index in [1.807, 2.05) is 24.3 Å². The third-order valence-electron chi connectivity index (χ3n) is 5.93. The Kier molecular flexibility index (Phi) is 4.21. The number of nitrogens with one attached hydrogen (secondary N) is 2. The lowest BCUT2D eigenvalue weighted by atomic mass is 9.53. The summed E-state index contributed by atoms with van der Waals surface area (Å²) in [6, 6.07) is 7.81. The minimum Gasteiger partial charge on any atom is -0.496 e. The van der Waals surface area contributed by atoms with Crippen LogP contribution in [0.25, 0.3) is 0 Å². The zero-order valence-corrected chi connectivity index (χ0v) is 14.9. The number of para-hydroxylation sites is 1. The minimum atomic E-state index is 0.221. The third-order valence-corrected chi connectivity index (χ3v) is 6.12. The van der Waals surface area contributed by atoms with Crippen LogP contribution in [0.5, 0.6) is 5.75 Å². The van der Waals surface area contributed by atoms with E-state index in [0.29, 0.717) is 5.11 Å². The first-order valence-electron chi connectivity index (χ1n) is 8.90. The van der Waals surface area contributed by atoms with Crippen molar-refractivity contribution in [2.24, 2.45) is 22.9 Å². The first kappa shape index (κ1) is 15.9. The molecule has 4 aliphatic rings. The van der Waals surface area contributed by atoms with E-state index >= 15 is 0 Å². The highest BCUT2D eigenvalue weighted by molar-refractivity contribution is 7.80. The van der Waals surface area contributed by atoms with E-state index in [0.717, 1.165) is 29.1 Å². The molecule has 1 aromatic rings. The SMILES string of the molecule is COc1ccccc1C=NNC(=S)NC12CC3CC(CC(C3)C1)C2. The lowest BCUT2D eigenvalue weighted by Gasteiger charge is -2.57. The summed E-state index contributed by atoms with van der Waals surface area (Å²) in [6.45, 7) is 0. The molecule has 0 aromatic heterocycles. The predicted molar refractivity (Wildman–Crippen MR) is 100 cm³/mol. The Morgan fingerprint density at radius 3 is 2.42 bits per heavy atom. The number of thiocarbonyl (C=S) groups is 1. The van der Waals surface area contributed by atoms with Gasteiger partial charge in [-0.3, -0.25) is 5.43 Å². The van der Waals surface area contributed by atoms with Gasteiger partial charge < -0.3 is 10.1 Å². The molecule has 5 rings (SSSR count). The zero-order chi connectivity index (χ0) is 16.6. The molecule has 5 heteroatoms. The lowest BCUT2D eigenvalue weighted by molar-refractivity contribution is -0.0101. The van der Waals surface area contributed by atoms with Crippen molar-refractivity contribution in [1.29, 1.82) is 0 Å². The summed E-state index contributed by atoms with van der Waals surface area (Å²) in [6.07, 6.45) is 9.89. The highest BCUT2D eigenvalue weighted by atomic mass is 32.1. The van der Waals surface area contributed by atoms with E-state index in [1.165, 1.54) is 38.5 Å². The molecule has 0 atom stereocenters. The van der Waals surface area contributed by atoms with Crippen molar-refractivity contribution in [1.82, 2.24) is 10.7 Å². The van der Waals surface area contributed by atoms with E-state index in [9.17, 15) is 0 Å². The molecule has 0 heterocycles. The molecule has 0 saturated heterocycles. The van der Waals surface area contributed by atoms with Gasteiger partial charge in [0, 0.05) is 11.1 Å². The molecule has 4 bridgehead atoms. The van der Waals surface area contributed by atoms with Crippen LogP contribution in [0.4, 0.5) is 0 Å². The van der Waals surface area contributed by atoms with Crippen LogP contribution in [0.2, 0.25) is 0 Å². The number of hydrogen-bond donors (Lipinski definition) is 2. The summed E-state index contributed by atoms with van der Waals surface area (Å²) in [5.41, 5.74) is 4.15. The van der Waals surface area contributed by atoms with Crippen molar-refractivity contribution in [3.63, 3.8) is 0 Å². The van der Waals surface area contributed by atoms with Crippen LogP contribution >= 0.6 is 12.2 Å². The molecule has 4 nitrogen and oxygen atoms in total. The van der Waals surface area contributed by atoms with E-state index in [-0.39, 0.29) is 5.54 Å². The van der Waals surface area contributed by atoms with Gasteiger partial charge in [0.2, 0.25) is 0 Å². The fourth-order valence-corrected chi connectivity index (χ4v) is 5.74. The Morgan fingerprint density at radius 2 is 1.79 bits per heavy atom. The summed E-state index contributed by atoms with van der Waals surface area (Å²) in [4.78, 5) is 0. The highest BCUT2D eigenvalue weighted by Gasteiger charge is 2.51. The number of benzene rings is 1. The first-order valence-corrected chi connectivity index (χ1v) is 9.31. The normalized spacial score (nSPS) is 33.6. The molecule has 0 radical (unpaired) electrons. The molecule has 2 N–H and O–H groups in total. The topological polar surface area (TPSA) is 45.6 Å². The number of rotatable bonds is 4. The smallest absolute Gasteiger partial charge is 0.187 e. The fourth-order valence-electron chi connectivity index (χ4n) is 5.47. The van der Waals surface area contributed by atoms with Crippen LogP contribution in [-0.2, 0) is 0 Å². The van der Waals surface area contributed by atoms with Crippen LogP contribution < -0.4 is 15.5 Å². The molecule has 4 fully saturated rings. The molecule has 128 valence electrons. The van der Waals surface area contributed by atoms with Crippen molar-refractivity contribution in [2.75, 3.05) is 7.11 Å². The average molecular weight is 343 g/mol. The second-order valence-corrected chi connectivity index (χ2v) is 8.17. The Labute approximate surface area is 149 Å². The number of hydrogen-bond acceptors (Lipinski definition) is 3. The van der Waals surface area contributed by atoms with Gasteiger partial charge in [-0.15, -0.1) is 0 Å². The number of nitrogens with zero attached hydrogens (tertiary/aromatic N) is 1. The van der Waals surface area contributed by atoms with Crippen molar-refractivity contribution >= 4 is 23.5 Å².